The van der Waals surface area contributed by atoms with Gasteiger partial charge in [-0.05, 0) is 47.5 Å². The largest absolute Gasteiger partial charge is 0.334 e. The van der Waals surface area contributed by atoms with Crippen molar-refractivity contribution in [1.82, 2.24) is 25.5 Å². The Balaban J connectivity index is 1.70. The Kier molecular flexibility index (Phi) is 3.63. The van der Waals surface area contributed by atoms with Gasteiger partial charge in [0.25, 0.3) is 0 Å². The Morgan fingerprint density at radius 2 is 2.14 bits per heavy atom. The molecule has 1 fully saturated rings. The molecule has 7 heteroatoms. The Labute approximate surface area is 122 Å². The number of carbonyl (C=O) groups is 1. The zero-order valence-corrected chi connectivity index (χ0v) is 11.5. The summed E-state index contributed by atoms with van der Waals surface area (Å²) >= 11 is 0. The second-order valence-electron chi connectivity index (χ2n) is 4.88. The number of tetrazole rings is 1. The van der Waals surface area contributed by atoms with Gasteiger partial charge >= 0.3 is 6.03 Å². The molecule has 1 heterocycles. The minimum Gasteiger partial charge on any atom is -0.334 e. The van der Waals surface area contributed by atoms with Gasteiger partial charge in [0, 0.05) is 17.8 Å². The van der Waals surface area contributed by atoms with Crippen LogP contribution in [0.2, 0.25) is 0 Å². The van der Waals surface area contributed by atoms with Gasteiger partial charge < -0.3 is 10.6 Å². The van der Waals surface area contributed by atoms with Gasteiger partial charge in [-0.2, -0.15) is 0 Å². The summed E-state index contributed by atoms with van der Waals surface area (Å²) in [4.78, 5) is 11.5. The van der Waals surface area contributed by atoms with Crippen LogP contribution in [0, 0.1) is 0 Å². The van der Waals surface area contributed by atoms with Crippen LogP contribution in [0.3, 0.4) is 0 Å². The van der Waals surface area contributed by atoms with E-state index in [0.717, 1.165) is 24.2 Å². The van der Waals surface area contributed by atoms with Crippen LogP contribution in [-0.2, 0) is 0 Å². The van der Waals surface area contributed by atoms with Gasteiger partial charge in [0.1, 0.15) is 0 Å². The van der Waals surface area contributed by atoms with E-state index in [1.165, 1.54) is 0 Å². The van der Waals surface area contributed by atoms with Gasteiger partial charge in [0.2, 0.25) is 0 Å². The Morgan fingerprint density at radius 1 is 1.38 bits per heavy atom. The predicted octanol–water partition coefficient (Wildman–Crippen LogP) is 1.98. The van der Waals surface area contributed by atoms with Gasteiger partial charge in [0.05, 0.1) is 6.04 Å². The summed E-state index contributed by atoms with van der Waals surface area (Å²) < 4.78 is 1.86. The van der Waals surface area contributed by atoms with Crippen LogP contribution in [-0.4, -0.2) is 32.8 Å². The minimum atomic E-state index is -0.259. The molecule has 1 aliphatic rings. The average Bonchev–Trinajstić information content (AvgIpc) is 3.23. The number of hydrogen-bond donors (Lipinski definition) is 2. The summed E-state index contributed by atoms with van der Waals surface area (Å²) in [5.74, 6) is 0.764. The number of urea groups is 1. The summed E-state index contributed by atoms with van der Waals surface area (Å²) in [6, 6.07) is 7.62. The van der Waals surface area contributed by atoms with Crippen LogP contribution in [0.1, 0.15) is 18.9 Å². The second-order valence-corrected chi connectivity index (χ2v) is 4.88. The molecule has 2 N–H and O–H groups in total. The molecule has 0 spiro atoms. The van der Waals surface area contributed by atoms with Gasteiger partial charge in [-0.1, -0.05) is 6.08 Å². The van der Waals surface area contributed by atoms with E-state index in [9.17, 15) is 4.79 Å². The topological polar surface area (TPSA) is 84.7 Å². The molecule has 7 nitrogen and oxygen atoms in total. The standard InChI is InChI=1S/C14H16N6O/c1-2-9-15-14(21)16-11-5-3-10(4-6-11)13-17-18-19-20(13)12-7-8-12/h2-6,12H,1,7-9H2,(H2,15,16,21). The van der Waals surface area contributed by atoms with Crippen molar-refractivity contribution in [2.45, 2.75) is 18.9 Å². The number of nitrogens with zero attached hydrogens (tertiary/aromatic N) is 4. The van der Waals surface area contributed by atoms with Gasteiger partial charge in [0.15, 0.2) is 5.82 Å². The number of nitrogens with one attached hydrogen (secondary N) is 2. The number of amides is 2. The average molecular weight is 284 g/mol. The zero-order chi connectivity index (χ0) is 14.7. The van der Waals surface area contributed by atoms with Crippen molar-refractivity contribution in [2.24, 2.45) is 0 Å². The number of rotatable bonds is 5. The highest BCUT2D eigenvalue weighted by atomic mass is 16.2. The molecule has 3 rings (SSSR count). The second kappa shape index (κ2) is 5.74. The first-order chi connectivity index (χ1) is 10.3. The first-order valence-corrected chi connectivity index (χ1v) is 6.82. The van der Waals surface area contributed by atoms with E-state index in [1.54, 1.807) is 6.08 Å². The van der Waals surface area contributed by atoms with Crippen molar-refractivity contribution in [2.75, 3.05) is 11.9 Å². The van der Waals surface area contributed by atoms with Crippen molar-refractivity contribution in [3.8, 4) is 11.4 Å². The predicted molar refractivity (Wildman–Crippen MR) is 78.7 cm³/mol. The fraction of sp³-hybridized carbons (Fsp3) is 0.286. The molecule has 2 aromatic rings. The molecule has 0 unspecified atom stereocenters. The molecule has 0 bridgehead atoms. The summed E-state index contributed by atoms with van der Waals surface area (Å²) in [6.45, 7) is 3.97. The van der Waals surface area contributed by atoms with E-state index in [1.807, 2.05) is 28.9 Å². The maximum absolute atomic E-state index is 11.5. The molecule has 1 aliphatic carbocycles. The number of carbonyl (C=O) groups excluding carboxylic acids is 1. The number of hydrogen-bond acceptors (Lipinski definition) is 4. The Morgan fingerprint density at radius 3 is 2.81 bits per heavy atom. The van der Waals surface area contributed by atoms with Crippen molar-refractivity contribution >= 4 is 11.7 Å². The summed E-state index contributed by atoms with van der Waals surface area (Å²) in [5, 5.41) is 17.2. The Bertz CT molecular complexity index is 644. The molecular weight excluding hydrogens is 268 g/mol. The summed E-state index contributed by atoms with van der Waals surface area (Å²) in [7, 11) is 0. The normalized spacial score (nSPS) is 13.7. The molecule has 0 saturated heterocycles. The fourth-order valence-electron chi connectivity index (χ4n) is 1.99. The monoisotopic (exact) mass is 284 g/mol. The van der Waals surface area contributed by atoms with Crippen LogP contribution in [0.4, 0.5) is 10.5 Å². The fourth-order valence-corrected chi connectivity index (χ4v) is 1.99. The molecule has 0 aliphatic heterocycles. The highest BCUT2D eigenvalue weighted by Gasteiger charge is 2.28. The number of benzene rings is 1. The highest BCUT2D eigenvalue weighted by molar-refractivity contribution is 5.89. The number of aromatic nitrogens is 4. The highest BCUT2D eigenvalue weighted by Crippen LogP contribution is 2.36. The van der Waals surface area contributed by atoms with Crippen LogP contribution in [0.5, 0.6) is 0 Å². The SMILES string of the molecule is C=CCNC(=O)Nc1ccc(-c2nnnn2C2CC2)cc1. The molecule has 0 radical (unpaired) electrons. The third-order valence-corrected chi connectivity index (χ3v) is 3.19. The van der Waals surface area contributed by atoms with Crippen LogP contribution in [0.15, 0.2) is 36.9 Å². The van der Waals surface area contributed by atoms with Crippen molar-refractivity contribution in [3.63, 3.8) is 0 Å². The molecular formula is C14H16N6O. The molecule has 0 atom stereocenters. The van der Waals surface area contributed by atoms with E-state index < -0.39 is 0 Å². The smallest absolute Gasteiger partial charge is 0.319 e. The van der Waals surface area contributed by atoms with E-state index in [-0.39, 0.29) is 6.03 Å². The maximum Gasteiger partial charge on any atom is 0.319 e. The quantitative estimate of drug-likeness (QED) is 0.822. The first kappa shape index (κ1) is 13.3. The lowest BCUT2D eigenvalue weighted by atomic mass is 10.2. The third-order valence-electron chi connectivity index (χ3n) is 3.19. The zero-order valence-electron chi connectivity index (χ0n) is 11.5. The van der Waals surface area contributed by atoms with Gasteiger partial charge in [-0.15, -0.1) is 11.7 Å². The summed E-state index contributed by atoms with van der Waals surface area (Å²) in [5.41, 5.74) is 1.65. The molecule has 1 saturated carbocycles. The van der Waals surface area contributed by atoms with E-state index in [4.69, 9.17) is 0 Å². The lowest BCUT2D eigenvalue weighted by molar-refractivity contribution is 0.253. The number of anilines is 1. The maximum atomic E-state index is 11.5. The first-order valence-electron chi connectivity index (χ1n) is 6.82. The van der Waals surface area contributed by atoms with Crippen molar-refractivity contribution < 1.29 is 4.79 Å². The van der Waals surface area contributed by atoms with E-state index in [2.05, 4.69) is 32.7 Å². The van der Waals surface area contributed by atoms with Crippen LogP contribution < -0.4 is 10.6 Å². The molecule has 1 aromatic heterocycles. The molecule has 108 valence electrons. The van der Waals surface area contributed by atoms with Crippen LogP contribution in [0.25, 0.3) is 11.4 Å². The summed E-state index contributed by atoms with van der Waals surface area (Å²) in [6.07, 6.45) is 3.88. The van der Waals surface area contributed by atoms with E-state index >= 15 is 0 Å². The van der Waals surface area contributed by atoms with Crippen LogP contribution >= 0.6 is 0 Å². The van der Waals surface area contributed by atoms with Crippen molar-refractivity contribution in [1.29, 1.82) is 0 Å². The Hall–Kier alpha value is -2.70. The van der Waals surface area contributed by atoms with Crippen molar-refractivity contribution in [3.05, 3.63) is 36.9 Å². The third kappa shape index (κ3) is 3.07. The van der Waals surface area contributed by atoms with Gasteiger partial charge in [-0.25, -0.2) is 9.48 Å². The lowest BCUT2D eigenvalue weighted by Gasteiger charge is -2.07. The molecule has 1 aromatic carbocycles. The molecule has 21 heavy (non-hydrogen) atoms. The lowest BCUT2D eigenvalue weighted by Crippen LogP contribution is -2.28. The minimum absolute atomic E-state index is 0.259. The van der Waals surface area contributed by atoms with Gasteiger partial charge in [-0.3, -0.25) is 0 Å². The molecule has 2 amide bonds. The van der Waals surface area contributed by atoms with E-state index in [0.29, 0.717) is 18.3 Å².